The van der Waals surface area contributed by atoms with Gasteiger partial charge in [-0.15, -0.1) is 0 Å². The fourth-order valence-electron chi connectivity index (χ4n) is 1.04. The van der Waals surface area contributed by atoms with Gasteiger partial charge in [-0.1, -0.05) is 11.8 Å². The van der Waals surface area contributed by atoms with Crippen LogP contribution >= 0.6 is 11.8 Å². The minimum atomic E-state index is -0.351. The van der Waals surface area contributed by atoms with Gasteiger partial charge in [-0.25, -0.2) is 4.79 Å². The molecular weight excluding hydrogens is 210 g/mol. The summed E-state index contributed by atoms with van der Waals surface area (Å²) in [5.74, 6) is -0.351. The number of carbonyl (C=O) groups is 1. The zero-order valence-electron chi connectivity index (χ0n) is 8.69. The van der Waals surface area contributed by atoms with Gasteiger partial charge in [-0.05, 0) is 36.1 Å². The van der Waals surface area contributed by atoms with Crippen molar-refractivity contribution >= 4 is 23.4 Å². The fraction of sp³-hybridized carbons (Fsp3) is 0.182. The van der Waals surface area contributed by atoms with E-state index in [1.54, 1.807) is 5.41 Å². The van der Waals surface area contributed by atoms with Crippen molar-refractivity contribution in [3.63, 3.8) is 0 Å². The maximum absolute atomic E-state index is 10.8. The van der Waals surface area contributed by atoms with Gasteiger partial charge in [0.05, 0.1) is 7.11 Å². The number of aryl methyl sites for hydroxylation is 1. The number of thioether (sulfide) groups is 1. The first-order valence-corrected chi connectivity index (χ1v) is 5.28. The minimum absolute atomic E-state index is 0.351. The number of hydrogen-bond acceptors (Lipinski definition) is 4. The summed E-state index contributed by atoms with van der Waals surface area (Å²) in [5, 5.41) is 1.70. The molecule has 4 heteroatoms. The van der Waals surface area contributed by atoms with E-state index < -0.39 is 0 Å². The van der Waals surface area contributed by atoms with Crippen LogP contribution < -0.4 is 5.73 Å². The predicted octanol–water partition coefficient (Wildman–Crippen LogP) is 2.36. The quantitative estimate of drug-likeness (QED) is 0.370. The number of carbonyl (C=O) groups excluding carboxylic acids is 1. The van der Waals surface area contributed by atoms with Crippen LogP contribution in [0, 0.1) is 6.92 Å². The van der Waals surface area contributed by atoms with Gasteiger partial charge < -0.3 is 10.5 Å². The molecule has 0 heterocycles. The number of rotatable bonds is 3. The highest BCUT2D eigenvalue weighted by Crippen LogP contribution is 2.24. The summed E-state index contributed by atoms with van der Waals surface area (Å²) in [5.41, 5.74) is 7.46. The Morgan fingerprint density at radius 3 is 2.87 bits per heavy atom. The average molecular weight is 223 g/mol. The third kappa shape index (κ3) is 3.67. The number of nitrogens with two attached hydrogens (primary N) is 1. The number of methoxy groups -OCH3 is 1. The average Bonchev–Trinajstić information content (AvgIpc) is 2.21. The molecule has 1 rings (SSSR count). The van der Waals surface area contributed by atoms with E-state index in [-0.39, 0.29) is 5.97 Å². The van der Waals surface area contributed by atoms with Gasteiger partial charge >= 0.3 is 5.97 Å². The molecule has 1 aromatic rings. The van der Waals surface area contributed by atoms with Crippen molar-refractivity contribution in [1.82, 2.24) is 0 Å². The Balaban J connectivity index is 2.65. The Kier molecular flexibility index (Phi) is 4.24. The Labute approximate surface area is 93.3 Å². The molecule has 0 spiro atoms. The predicted molar refractivity (Wildman–Crippen MR) is 62.6 cm³/mol. The zero-order valence-corrected chi connectivity index (χ0v) is 9.51. The van der Waals surface area contributed by atoms with E-state index in [9.17, 15) is 4.79 Å². The van der Waals surface area contributed by atoms with Crippen molar-refractivity contribution in [2.45, 2.75) is 11.8 Å². The van der Waals surface area contributed by atoms with Gasteiger partial charge in [0.1, 0.15) is 0 Å². The first-order chi connectivity index (χ1) is 7.13. The third-order valence-electron chi connectivity index (χ3n) is 1.80. The number of esters is 1. The molecule has 0 unspecified atom stereocenters. The molecule has 0 aliphatic carbocycles. The van der Waals surface area contributed by atoms with E-state index in [2.05, 4.69) is 4.74 Å². The van der Waals surface area contributed by atoms with E-state index in [0.717, 1.165) is 16.1 Å². The molecule has 15 heavy (non-hydrogen) atoms. The molecule has 0 amide bonds. The van der Waals surface area contributed by atoms with E-state index in [4.69, 9.17) is 5.73 Å². The first-order valence-electron chi connectivity index (χ1n) is 4.41. The summed E-state index contributed by atoms with van der Waals surface area (Å²) in [6.07, 6.45) is 1.39. The van der Waals surface area contributed by atoms with Crippen LogP contribution in [-0.2, 0) is 9.53 Å². The number of nitrogen functional groups attached to an aromatic ring is 1. The minimum Gasteiger partial charge on any atom is -0.466 e. The summed E-state index contributed by atoms with van der Waals surface area (Å²) in [7, 11) is 1.35. The van der Waals surface area contributed by atoms with E-state index in [0.29, 0.717) is 0 Å². The van der Waals surface area contributed by atoms with Gasteiger partial charge in [-0.3, -0.25) is 0 Å². The van der Waals surface area contributed by atoms with Crippen LogP contribution in [0.4, 0.5) is 5.69 Å². The summed E-state index contributed by atoms with van der Waals surface area (Å²) < 4.78 is 4.48. The van der Waals surface area contributed by atoms with Crippen LogP contribution in [0.1, 0.15) is 5.56 Å². The van der Waals surface area contributed by atoms with Crippen LogP contribution in [0.25, 0.3) is 0 Å². The van der Waals surface area contributed by atoms with Gasteiger partial charge in [-0.2, -0.15) is 0 Å². The molecule has 0 saturated heterocycles. The Bertz CT molecular complexity index is 388. The first kappa shape index (κ1) is 11.7. The summed E-state index contributed by atoms with van der Waals surface area (Å²) in [6.45, 7) is 1.98. The molecule has 0 aromatic heterocycles. The van der Waals surface area contributed by atoms with Crippen molar-refractivity contribution in [3.05, 3.63) is 35.2 Å². The molecule has 0 bridgehead atoms. The molecular formula is C11H13NO2S. The highest BCUT2D eigenvalue weighted by Gasteiger charge is 1.97. The topological polar surface area (TPSA) is 52.3 Å². The van der Waals surface area contributed by atoms with Crippen molar-refractivity contribution in [1.29, 1.82) is 0 Å². The van der Waals surface area contributed by atoms with Crippen LogP contribution in [0.5, 0.6) is 0 Å². The Morgan fingerprint density at radius 1 is 1.53 bits per heavy atom. The molecule has 0 fully saturated rings. The van der Waals surface area contributed by atoms with E-state index in [1.165, 1.54) is 24.9 Å². The molecule has 2 N–H and O–H groups in total. The summed E-state index contributed by atoms with van der Waals surface area (Å²) >= 11 is 1.46. The lowest BCUT2D eigenvalue weighted by atomic mass is 10.2. The third-order valence-corrected chi connectivity index (χ3v) is 2.78. The second kappa shape index (κ2) is 5.46. The van der Waals surface area contributed by atoms with Crippen LogP contribution in [0.3, 0.4) is 0 Å². The normalized spacial score (nSPS) is 10.5. The Morgan fingerprint density at radius 2 is 2.27 bits per heavy atom. The van der Waals surface area contributed by atoms with Crippen LogP contribution in [-0.4, -0.2) is 13.1 Å². The summed E-state index contributed by atoms with van der Waals surface area (Å²) in [4.78, 5) is 11.9. The van der Waals surface area contributed by atoms with E-state index in [1.807, 2.05) is 25.1 Å². The molecule has 0 atom stereocenters. The van der Waals surface area contributed by atoms with Gasteiger partial charge in [0.15, 0.2) is 0 Å². The fourth-order valence-corrected chi connectivity index (χ4v) is 1.75. The number of hydrogen-bond donors (Lipinski definition) is 1. The maximum Gasteiger partial charge on any atom is 0.330 e. The SMILES string of the molecule is COC(=O)C=CSc1ccc(N)cc1C. The molecule has 80 valence electrons. The molecule has 1 aromatic carbocycles. The van der Waals surface area contributed by atoms with Gasteiger partial charge in [0.2, 0.25) is 0 Å². The second-order valence-electron chi connectivity index (χ2n) is 2.97. The summed E-state index contributed by atoms with van der Waals surface area (Å²) in [6, 6.07) is 5.66. The second-order valence-corrected chi connectivity index (χ2v) is 3.92. The van der Waals surface area contributed by atoms with Crippen LogP contribution in [0.15, 0.2) is 34.6 Å². The molecule has 3 nitrogen and oxygen atoms in total. The lowest BCUT2D eigenvalue weighted by molar-refractivity contribution is -0.134. The smallest absolute Gasteiger partial charge is 0.330 e. The molecule has 0 aliphatic heterocycles. The lowest BCUT2D eigenvalue weighted by Gasteiger charge is -2.02. The monoisotopic (exact) mass is 223 g/mol. The largest absolute Gasteiger partial charge is 0.466 e. The lowest BCUT2D eigenvalue weighted by Crippen LogP contribution is -1.92. The van der Waals surface area contributed by atoms with Crippen molar-refractivity contribution in [3.8, 4) is 0 Å². The zero-order chi connectivity index (χ0) is 11.3. The Hall–Kier alpha value is -1.42. The standard InChI is InChI=1S/C11H13NO2S/c1-8-7-9(12)3-4-10(8)15-6-5-11(13)14-2/h3-7H,12H2,1-2H3. The molecule has 0 radical (unpaired) electrons. The highest BCUT2D eigenvalue weighted by molar-refractivity contribution is 8.02. The molecule has 0 saturated carbocycles. The van der Waals surface area contributed by atoms with E-state index >= 15 is 0 Å². The molecule has 0 aliphatic rings. The van der Waals surface area contributed by atoms with Crippen molar-refractivity contribution in [2.24, 2.45) is 0 Å². The number of ether oxygens (including phenoxy) is 1. The van der Waals surface area contributed by atoms with Crippen molar-refractivity contribution < 1.29 is 9.53 Å². The number of anilines is 1. The maximum atomic E-state index is 10.8. The van der Waals surface area contributed by atoms with Gasteiger partial charge in [0.25, 0.3) is 0 Å². The van der Waals surface area contributed by atoms with Gasteiger partial charge in [0, 0.05) is 16.7 Å². The number of benzene rings is 1. The van der Waals surface area contributed by atoms with Crippen LogP contribution in [0.2, 0.25) is 0 Å². The van der Waals surface area contributed by atoms with Crippen molar-refractivity contribution in [2.75, 3.05) is 12.8 Å². The highest BCUT2D eigenvalue weighted by atomic mass is 32.2.